The molecule has 3 atom stereocenters. The maximum Gasteiger partial charge on any atom is 2.00 e. The Morgan fingerprint density at radius 2 is 1.71 bits per heavy atom. The Hall–Kier alpha value is -3.95. The summed E-state index contributed by atoms with van der Waals surface area (Å²) in [6, 6.07) is 28.6. The molecule has 1 aliphatic rings. The molecule has 1 aliphatic carbocycles. The first-order valence-corrected chi connectivity index (χ1v) is 18.9. The molecule has 3 heterocycles. The van der Waals surface area contributed by atoms with Crippen molar-refractivity contribution in [3.63, 3.8) is 0 Å². The minimum Gasteiger partial charge on any atom is -0.509 e. The Kier molecular flexibility index (Phi) is 11.3. The fourth-order valence-electron chi connectivity index (χ4n) is 8.30. The van der Waals surface area contributed by atoms with Crippen molar-refractivity contribution in [2.45, 2.75) is 99.8 Å². The predicted octanol–water partition coefficient (Wildman–Crippen LogP) is 12.2. The maximum absolute atomic E-state index is 6.67. The van der Waals surface area contributed by atoms with Gasteiger partial charge in [-0.1, -0.05) is 83.3 Å². The normalized spacial score (nSPS) is 17.6. The first-order chi connectivity index (χ1) is 24.5. The van der Waals surface area contributed by atoms with Crippen LogP contribution in [-0.2, 0) is 27.5 Å². The SMILES string of the molecule is CCCCc1ccnc(-n2c3[c-]c(Oc4[c-]c(-n5nc(C)c(C6C(C)=C[C@H](C(C)C)C[C@@H]6C)c5C)cc(C(C)C)c4)ccc3c3ccccc32)c1.[Pt+2]. The van der Waals surface area contributed by atoms with Gasteiger partial charge in [0, 0.05) is 40.4 Å². The van der Waals surface area contributed by atoms with Gasteiger partial charge in [-0.25, -0.2) is 4.98 Å². The Balaban J connectivity index is 0.00000464. The van der Waals surface area contributed by atoms with Gasteiger partial charge in [-0.05, 0) is 98.5 Å². The van der Waals surface area contributed by atoms with Gasteiger partial charge in [0.2, 0.25) is 0 Å². The van der Waals surface area contributed by atoms with Gasteiger partial charge >= 0.3 is 21.1 Å². The molecule has 0 aliphatic heterocycles. The van der Waals surface area contributed by atoms with Crippen molar-refractivity contribution >= 4 is 21.8 Å². The van der Waals surface area contributed by atoms with Crippen LogP contribution < -0.4 is 4.74 Å². The number of ether oxygens (including phenoxy) is 1. The molecule has 5 nitrogen and oxygen atoms in total. The monoisotopic (exact) mass is 871 g/mol. The van der Waals surface area contributed by atoms with Crippen LogP contribution in [0.25, 0.3) is 33.3 Å². The predicted molar refractivity (Wildman–Crippen MR) is 211 cm³/mol. The molecule has 0 saturated carbocycles. The van der Waals surface area contributed by atoms with Crippen LogP contribution in [0, 0.1) is 43.7 Å². The van der Waals surface area contributed by atoms with Crippen LogP contribution in [-0.4, -0.2) is 19.3 Å². The van der Waals surface area contributed by atoms with Crippen molar-refractivity contribution in [1.29, 1.82) is 0 Å². The average Bonchev–Trinajstić information content (AvgIpc) is 3.59. The van der Waals surface area contributed by atoms with E-state index < -0.39 is 0 Å². The fourth-order valence-corrected chi connectivity index (χ4v) is 8.30. The van der Waals surface area contributed by atoms with Crippen LogP contribution in [0.5, 0.6) is 11.5 Å². The first kappa shape index (κ1) is 37.8. The van der Waals surface area contributed by atoms with Crippen molar-refractivity contribution in [2.75, 3.05) is 0 Å². The summed E-state index contributed by atoms with van der Waals surface area (Å²) in [7, 11) is 0. The number of nitrogens with zero attached hydrogens (tertiary/aromatic N) is 4. The number of aromatic nitrogens is 4. The van der Waals surface area contributed by atoms with E-state index in [2.05, 4.69) is 144 Å². The molecule has 0 radical (unpaired) electrons. The zero-order chi connectivity index (χ0) is 36.0. The molecule has 3 aromatic heterocycles. The second-order valence-corrected chi connectivity index (χ2v) is 15.5. The van der Waals surface area contributed by atoms with Gasteiger partial charge in [-0.15, -0.1) is 41.3 Å². The third-order valence-electron chi connectivity index (χ3n) is 11.1. The van der Waals surface area contributed by atoms with E-state index in [0.29, 0.717) is 41.1 Å². The number of rotatable bonds is 10. The summed E-state index contributed by atoms with van der Waals surface area (Å²) in [5, 5.41) is 7.44. The zero-order valence-electron chi connectivity index (χ0n) is 32.2. The van der Waals surface area contributed by atoms with Crippen LogP contribution in [0.2, 0.25) is 0 Å². The molecule has 6 aromatic rings. The molecule has 272 valence electrons. The molecule has 3 aromatic carbocycles. The number of aryl methyl sites for hydroxylation is 2. The Morgan fingerprint density at radius 1 is 0.923 bits per heavy atom. The van der Waals surface area contributed by atoms with Gasteiger partial charge in [-0.2, -0.15) is 11.2 Å². The summed E-state index contributed by atoms with van der Waals surface area (Å²) in [6.07, 6.45) is 9.01. The number of hydrogen-bond donors (Lipinski definition) is 0. The minimum atomic E-state index is 0. The van der Waals surface area contributed by atoms with Gasteiger partial charge in [0.1, 0.15) is 5.82 Å². The molecule has 0 fully saturated rings. The molecular formula is C46H52N4OPt. The second kappa shape index (κ2) is 15.6. The quantitative estimate of drug-likeness (QED) is 0.102. The average molecular weight is 872 g/mol. The summed E-state index contributed by atoms with van der Waals surface area (Å²) in [5.41, 5.74) is 10.5. The minimum absolute atomic E-state index is 0. The molecule has 0 spiro atoms. The summed E-state index contributed by atoms with van der Waals surface area (Å²) in [6.45, 7) is 20.5. The largest absolute Gasteiger partial charge is 2.00 e. The molecule has 7 rings (SSSR count). The van der Waals surface area contributed by atoms with Crippen molar-refractivity contribution in [3.05, 3.63) is 119 Å². The van der Waals surface area contributed by atoms with Crippen molar-refractivity contribution in [1.82, 2.24) is 19.3 Å². The molecule has 0 amide bonds. The van der Waals surface area contributed by atoms with Gasteiger partial charge < -0.3 is 9.30 Å². The number of unbranched alkanes of at least 4 members (excludes halogenated alkanes) is 1. The standard InChI is InChI=1S/C46H52N4O.Pt/c1-10-11-14-34-19-20-47-44(23-34)49-42-16-13-12-15-40(42)41-18-17-38(27-43(41)49)51-39-25-36(29(4)5)24-37(26-39)50-33(9)46(32(8)48-50)45-30(6)21-35(28(2)3)22-31(45)7;/h12-13,15-21,23-25,28-29,31,35,45H,10-11,14,22H2,1-9H3;/q-2;+2/t31-,35-,45?;/m0./s1. The number of pyridine rings is 1. The van der Waals surface area contributed by atoms with E-state index >= 15 is 0 Å². The van der Waals surface area contributed by atoms with Crippen molar-refractivity contribution in [3.8, 4) is 23.0 Å². The van der Waals surface area contributed by atoms with E-state index in [0.717, 1.165) is 52.9 Å². The molecule has 52 heavy (non-hydrogen) atoms. The van der Waals surface area contributed by atoms with Crippen LogP contribution in [0.4, 0.5) is 0 Å². The number of para-hydroxylation sites is 1. The Labute approximate surface area is 324 Å². The number of fused-ring (bicyclic) bond motifs is 3. The van der Waals surface area contributed by atoms with E-state index in [9.17, 15) is 0 Å². The van der Waals surface area contributed by atoms with Crippen LogP contribution in [0.3, 0.4) is 0 Å². The van der Waals surface area contributed by atoms with Gasteiger partial charge in [0.25, 0.3) is 0 Å². The Bertz CT molecular complexity index is 2240. The number of hydrogen-bond acceptors (Lipinski definition) is 3. The van der Waals surface area contributed by atoms with Crippen LogP contribution >= 0.6 is 0 Å². The molecular weight excluding hydrogens is 820 g/mol. The van der Waals surface area contributed by atoms with Crippen LogP contribution in [0.1, 0.15) is 108 Å². The number of allylic oxidation sites excluding steroid dienone is 2. The van der Waals surface area contributed by atoms with Gasteiger partial charge in [0.05, 0.1) is 5.69 Å². The van der Waals surface area contributed by atoms with E-state index in [4.69, 9.17) is 14.8 Å². The smallest absolute Gasteiger partial charge is 0.509 e. The molecule has 6 heteroatoms. The van der Waals surface area contributed by atoms with Gasteiger partial charge in [-0.3, -0.25) is 4.68 Å². The third kappa shape index (κ3) is 7.18. The Morgan fingerprint density at radius 3 is 2.44 bits per heavy atom. The van der Waals surface area contributed by atoms with E-state index in [1.165, 1.54) is 39.8 Å². The zero-order valence-corrected chi connectivity index (χ0v) is 34.4. The second-order valence-electron chi connectivity index (χ2n) is 15.5. The summed E-state index contributed by atoms with van der Waals surface area (Å²) >= 11 is 0. The summed E-state index contributed by atoms with van der Waals surface area (Å²) in [5.74, 6) is 4.70. The number of benzene rings is 3. The molecule has 0 saturated heterocycles. The first-order valence-electron chi connectivity index (χ1n) is 18.9. The maximum atomic E-state index is 6.67. The summed E-state index contributed by atoms with van der Waals surface area (Å²) in [4.78, 5) is 4.83. The third-order valence-corrected chi connectivity index (χ3v) is 11.1. The summed E-state index contributed by atoms with van der Waals surface area (Å²) < 4.78 is 11.0. The van der Waals surface area contributed by atoms with Crippen molar-refractivity contribution < 1.29 is 25.8 Å². The molecule has 1 unspecified atom stereocenters. The van der Waals surface area contributed by atoms with Gasteiger partial charge in [0.15, 0.2) is 0 Å². The van der Waals surface area contributed by atoms with E-state index in [-0.39, 0.29) is 21.1 Å². The molecule has 0 bridgehead atoms. The topological polar surface area (TPSA) is 44.9 Å². The van der Waals surface area contributed by atoms with Crippen molar-refractivity contribution in [2.24, 2.45) is 17.8 Å². The van der Waals surface area contributed by atoms with Crippen LogP contribution in [0.15, 0.2) is 78.5 Å². The molecule has 0 N–H and O–H groups in total. The van der Waals surface area contributed by atoms with E-state index in [1.807, 2.05) is 12.3 Å². The van der Waals surface area contributed by atoms with E-state index in [1.54, 1.807) is 0 Å². The fraction of sp³-hybridized carbons (Fsp3) is 0.391.